The van der Waals surface area contributed by atoms with E-state index in [9.17, 15) is 4.79 Å². The first-order chi connectivity index (χ1) is 10.0. The number of nitrogens with zero attached hydrogens (tertiary/aromatic N) is 1. The molecule has 1 amide bonds. The number of nitrogens with one attached hydrogen (secondary N) is 2. The maximum Gasteiger partial charge on any atom is 0.247 e. The van der Waals surface area contributed by atoms with Crippen molar-refractivity contribution in [3.63, 3.8) is 0 Å². The summed E-state index contributed by atoms with van der Waals surface area (Å²) in [4.78, 5) is 12.2. The molecule has 21 heavy (non-hydrogen) atoms. The highest BCUT2D eigenvalue weighted by Gasteiger charge is 2.16. The minimum absolute atomic E-state index is 0.158. The molecular formula is C16H17N3OS. The Morgan fingerprint density at radius 2 is 2.10 bits per heavy atom. The maximum atomic E-state index is 12.2. The number of carbonyl (C=O) groups excluding carboxylic acids is 1. The molecule has 0 radical (unpaired) electrons. The van der Waals surface area contributed by atoms with E-state index in [1.54, 1.807) is 18.4 Å². The van der Waals surface area contributed by atoms with Gasteiger partial charge in [-0.05, 0) is 49.4 Å². The Morgan fingerprint density at radius 3 is 2.81 bits per heavy atom. The average molecular weight is 299 g/mol. The fraction of sp³-hybridized carbons (Fsp3) is 0.250. The lowest BCUT2D eigenvalue weighted by molar-refractivity contribution is -0.116. The predicted octanol–water partition coefficient (Wildman–Crippen LogP) is 3.68. The molecule has 1 aromatic carbocycles. The third-order valence-corrected chi connectivity index (χ3v) is 4.01. The van der Waals surface area contributed by atoms with Gasteiger partial charge in [-0.25, -0.2) is 0 Å². The minimum atomic E-state index is -0.390. The number of amides is 1. The van der Waals surface area contributed by atoms with E-state index in [0.717, 1.165) is 16.8 Å². The maximum absolute atomic E-state index is 12.2. The van der Waals surface area contributed by atoms with Crippen molar-refractivity contribution in [1.82, 2.24) is 0 Å². The second-order valence-corrected chi connectivity index (χ2v) is 5.86. The Bertz CT molecular complexity index is 700. The van der Waals surface area contributed by atoms with Crippen molar-refractivity contribution in [2.24, 2.45) is 0 Å². The molecule has 2 aromatic rings. The second-order valence-electron chi connectivity index (χ2n) is 4.95. The van der Waals surface area contributed by atoms with Crippen molar-refractivity contribution < 1.29 is 4.79 Å². The molecule has 1 unspecified atom stereocenters. The zero-order valence-electron chi connectivity index (χ0n) is 12.2. The molecule has 0 spiro atoms. The van der Waals surface area contributed by atoms with Gasteiger partial charge < -0.3 is 10.6 Å². The SMILES string of the molecule is Cc1ccc(C)c(NC(C)C(=O)Nc2sccc2C#N)c1. The highest BCUT2D eigenvalue weighted by atomic mass is 32.1. The molecule has 2 rings (SSSR count). The van der Waals surface area contributed by atoms with Crippen LogP contribution in [0.15, 0.2) is 29.6 Å². The van der Waals surface area contributed by atoms with Crippen molar-refractivity contribution in [2.75, 3.05) is 10.6 Å². The number of nitriles is 1. The van der Waals surface area contributed by atoms with Crippen LogP contribution >= 0.6 is 11.3 Å². The molecule has 0 fully saturated rings. The van der Waals surface area contributed by atoms with Crippen molar-refractivity contribution >= 4 is 27.9 Å². The summed E-state index contributed by atoms with van der Waals surface area (Å²) < 4.78 is 0. The Morgan fingerprint density at radius 1 is 1.33 bits per heavy atom. The average Bonchev–Trinajstić information content (AvgIpc) is 2.90. The number of hydrogen-bond donors (Lipinski definition) is 2. The van der Waals surface area contributed by atoms with Gasteiger partial charge in [-0.3, -0.25) is 4.79 Å². The number of aryl methyl sites for hydroxylation is 2. The van der Waals surface area contributed by atoms with Crippen LogP contribution in [0.1, 0.15) is 23.6 Å². The van der Waals surface area contributed by atoms with E-state index in [0.29, 0.717) is 10.6 Å². The summed E-state index contributed by atoms with van der Waals surface area (Å²) in [7, 11) is 0. The first-order valence-corrected chi connectivity index (χ1v) is 7.51. The first-order valence-electron chi connectivity index (χ1n) is 6.63. The molecule has 108 valence electrons. The zero-order chi connectivity index (χ0) is 15.4. The van der Waals surface area contributed by atoms with Gasteiger partial charge >= 0.3 is 0 Å². The smallest absolute Gasteiger partial charge is 0.247 e. The van der Waals surface area contributed by atoms with Crippen molar-refractivity contribution in [1.29, 1.82) is 5.26 Å². The number of rotatable bonds is 4. The number of thiophene rings is 1. The van der Waals surface area contributed by atoms with Gasteiger partial charge in [0.05, 0.1) is 5.56 Å². The van der Waals surface area contributed by atoms with Gasteiger partial charge in [-0.1, -0.05) is 12.1 Å². The number of benzene rings is 1. The third-order valence-electron chi connectivity index (χ3n) is 3.18. The van der Waals surface area contributed by atoms with Crippen LogP contribution in [0.25, 0.3) is 0 Å². The van der Waals surface area contributed by atoms with Crippen molar-refractivity contribution in [2.45, 2.75) is 26.8 Å². The van der Waals surface area contributed by atoms with E-state index in [-0.39, 0.29) is 11.9 Å². The molecule has 1 aromatic heterocycles. The highest BCUT2D eigenvalue weighted by Crippen LogP contribution is 2.23. The van der Waals surface area contributed by atoms with Crippen molar-refractivity contribution in [3.8, 4) is 6.07 Å². The van der Waals surface area contributed by atoms with Gasteiger partial charge in [0.15, 0.2) is 0 Å². The molecule has 0 saturated heterocycles. The standard InChI is InChI=1S/C16H17N3OS/c1-10-4-5-11(2)14(8-10)18-12(3)15(20)19-16-13(9-17)6-7-21-16/h4-8,12,18H,1-3H3,(H,19,20). The molecular weight excluding hydrogens is 282 g/mol. The number of hydrogen-bond acceptors (Lipinski definition) is 4. The van der Waals surface area contributed by atoms with Crippen LogP contribution in [0.3, 0.4) is 0 Å². The molecule has 0 aliphatic rings. The monoisotopic (exact) mass is 299 g/mol. The van der Waals surface area contributed by atoms with Crippen LogP contribution in [0, 0.1) is 25.2 Å². The van der Waals surface area contributed by atoms with Crippen LogP contribution in [0.2, 0.25) is 0 Å². The molecule has 1 atom stereocenters. The lowest BCUT2D eigenvalue weighted by atomic mass is 10.1. The summed E-state index contributed by atoms with van der Waals surface area (Å²) in [6, 6.07) is 9.45. The normalized spacial score (nSPS) is 11.5. The lowest BCUT2D eigenvalue weighted by Crippen LogP contribution is -2.32. The topological polar surface area (TPSA) is 64.9 Å². The Kier molecular flexibility index (Phi) is 4.61. The van der Waals surface area contributed by atoms with E-state index >= 15 is 0 Å². The summed E-state index contributed by atoms with van der Waals surface area (Å²) in [5.41, 5.74) is 3.67. The Hall–Kier alpha value is -2.32. The van der Waals surface area contributed by atoms with Gasteiger partial charge in [-0.15, -0.1) is 11.3 Å². The van der Waals surface area contributed by atoms with Gasteiger partial charge in [-0.2, -0.15) is 5.26 Å². The largest absolute Gasteiger partial charge is 0.374 e. The second kappa shape index (κ2) is 6.42. The lowest BCUT2D eigenvalue weighted by Gasteiger charge is -2.17. The zero-order valence-corrected chi connectivity index (χ0v) is 13.0. The summed E-state index contributed by atoms with van der Waals surface area (Å²) in [5.74, 6) is -0.158. The van der Waals surface area contributed by atoms with Gasteiger partial charge in [0.25, 0.3) is 0 Å². The minimum Gasteiger partial charge on any atom is -0.374 e. The molecule has 5 heteroatoms. The van der Waals surface area contributed by atoms with Gasteiger partial charge in [0, 0.05) is 5.69 Å². The van der Waals surface area contributed by atoms with Gasteiger partial charge in [0.2, 0.25) is 5.91 Å². The van der Waals surface area contributed by atoms with Crippen LogP contribution in [-0.4, -0.2) is 11.9 Å². The van der Waals surface area contributed by atoms with E-state index in [2.05, 4.69) is 16.7 Å². The van der Waals surface area contributed by atoms with Crippen LogP contribution in [0.4, 0.5) is 10.7 Å². The summed E-state index contributed by atoms with van der Waals surface area (Å²) in [6.07, 6.45) is 0. The molecule has 4 nitrogen and oxygen atoms in total. The van der Waals surface area contributed by atoms with E-state index in [1.807, 2.05) is 32.0 Å². The summed E-state index contributed by atoms with van der Waals surface area (Å²) >= 11 is 1.35. The van der Waals surface area contributed by atoms with Crippen LogP contribution in [0.5, 0.6) is 0 Å². The molecule has 2 N–H and O–H groups in total. The summed E-state index contributed by atoms with van der Waals surface area (Å²) in [5, 5.41) is 17.3. The quantitative estimate of drug-likeness (QED) is 0.905. The third kappa shape index (κ3) is 3.61. The van der Waals surface area contributed by atoms with Crippen LogP contribution in [-0.2, 0) is 4.79 Å². The molecule has 0 saturated carbocycles. The highest BCUT2D eigenvalue weighted by molar-refractivity contribution is 7.14. The summed E-state index contributed by atoms with van der Waals surface area (Å²) in [6.45, 7) is 5.82. The first kappa shape index (κ1) is 15.1. The number of carbonyl (C=O) groups is 1. The fourth-order valence-electron chi connectivity index (χ4n) is 1.90. The van der Waals surface area contributed by atoms with Gasteiger partial charge in [0.1, 0.15) is 17.1 Å². The fourth-order valence-corrected chi connectivity index (χ4v) is 2.64. The molecule has 0 aliphatic heterocycles. The van der Waals surface area contributed by atoms with E-state index in [4.69, 9.17) is 5.26 Å². The Labute approximate surface area is 128 Å². The van der Waals surface area contributed by atoms with Crippen molar-refractivity contribution in [3.05, 3.63) is 46.3 Å². The van der Waals surface area contributed by atoms with E-state index in [1.165, 1.54) is 11.3 Å². The molecule has 1 heterocycles. The predicted molar refractivity (Wildman–Crippen MR) is 86.7 cm³/mol. The van der Waals surface area contributed by atoms with Crippen LogP contribution < -0.4 is 10.6 Å². The number of anilines is 2. The Balaban J connectivity index is 2.06. The molecule has 0 aliphatic carbocycles. The van der Waals surface area contributed by atoms with E-state index < -0.39 is 0 Å². The molecule has 0 bridgehead atoms.